The lowest BCUT2D eigenvalue weighted by Gasteiger charge is -2.28. The van der Waals surface area contributed by atoms with E-state index < -0.39 is 116 Å². The maximum absolute atomic E-state index is 12.9. The van der Waals surface area contributed by atoms with E-state index in [0.717, 1.165) is 0 Å². The summed E-state index contributed by atoms with van der Waals surface area (Å²) in [6.45, 7) is 5.62. The third-order valence-corrected chi connectivity index (χ3v) is 8.32. The van der Waals surface area contributed by atoms with Crippen LogP contribution in [0.2, 0.25) is 0 Å². The smallest absolute Gasteiger partial charge is 0.326 e. The van der Waals surface area contributed by atoms with Crippen molar-refractivity contribution in [2.24, 2.45) is 17.6 Å². The molecule has 0 aromatic carbocycles. The number of nitrogens with zero attached hydrogens (tertiary/aromatic N) is 1. The van der Waals surface area contributed by atoms with Crippen LogP contribution in [0.3, 0.4) is 0 Å². The zero-order valence-corrected chi connectivity index (χ0v) is 28.6. The number of aliphatic carboxylic acids is 1. The number of carboxylic acids is 1. The summed E-state index contributed by atoms with van der Waals surface area (Å²) in [6, 6.07) is -7.04. The number of aliphatic hydroxyl groups excluding tert-OH is 2. The Balaban J connectivity index is 2.72. The Morgan fingerprint density at radius 3 is 1.82 bits per heavy atom. The normalized spacial score (nSPS) is 18.4. The lowest BCUT2D eigenvalue weighted by atomic mass is 9.95. The van der Waals surface area contributed by atoms with Gasteiger partial charge in [-0.15, -0.1) is 0 Å². The molecule has 1 aliphatic heterocycles. The molecule has 1 heterocycles. The number of rotatable bonds is 20. The van der Waals surface area contributed by atoms with Crippen LogP contribution in [0.15, 0.2) is 0 Å². The molecule has 0 saturated carbocycles. The van der Waals surface area contributed by atoms with Gasteiger partial charge in [0.25, 0.3) is 0 Å². The lowest BCUT2D eigenvalue weighted by Crippen LogP contribution is -2.58. The first-order valence-corrected chi connectivity index (χ1v) is 16.3. The second-order valence-corrected chi connectivity index (χ2v) is 12.1. The zero-order chi connectivity index (χ0) is 37.4. The fourth-order valence-corrected chi connectivity index (χ4v) is 4.86. The molecule has 1 fully saturated rings. The quantitative estimate of drug-likeness (QED) is 0.0577. The highest BCUT2D eigenvalue weighted by Crippen LogP contribution is 2.19. The Hall–Kier alpha value is -4.36. The molecule has 49 heavy (non-hydrogen) atoms. The third kappa shape index (κ3) is 13.2. The fraction of sp³-hybridized carbons (Fsp3) is 0.733. The summed E-state index contributed by atoms with van der Waals surface area (Å²) in [6.07, 6.45) is 1.65. The predicted octanol–water partition coefficient (Wildman–Crippen LogP) is -4.34. The largest absolute Gasteiger partial charge is 0.480 e. The van der Waals surface area contributed by atoms with Crippen LogP contribution in [0.4, 0.5) is 0 Å². The first-order valence-electron chi connectivity index (χ1n) is 16.3. The standard InChI is InChI=1S/C30H52N8O11/c1-6-15(3)23(28(46)37-24(30(48)49)16(4)7-2)36-22(42)12-32-26(44)18(13-39)34-21(41)11-33-27(45)20-9-8-10-38(20)29(47)19(14-40)35-25(43)17(5)31/h15-20,23-24,39-40H,6-14,31H2,1-5H3,(H,32,44)(H,33,45)(H,34,41)(H,35,43)(H,36,42)(H,37,46)(H,48,49)/t15-,16-,17-,18-,19-,20-,23-,24-/m0/s1. The molecule has 7 amide bonds. The van der Waals surface area contributed by atoms with Gasteiger partial charge in [-0.3, -0.25) is 33.6 Å². The van der Waals surface area contributed by atoms with E-state index in [1.54, 1.807) is 27.7 Å². The van der Waals surface area contributed by atoms with E-state index >= 15 is 0 Å². The average Bonchev–Trinajstić information content (AvgIpc) is 3.57. The number of amides is 7. The molecule has 0 spiro atoms. The van der Waals surface area contributed by atoms with E-state index in [1.807, 2.05) is 0 Å². The van der Waals surface area contributed by atoms with Crippen LogP contribution in [0.25, 0.3) is 0 Å². The average molecular weight is 701 g/mol. The van der Waals surface area contributed by atoms with Gasteiger partial charge in [0.05, 0.1) is 32.3 Å². The Morgan fingerprint density at radius 1 is 0.735 bits per heavy atom. The van der Waals surface area contributed by atoms with Crippen molar-refractivity contribution in [1.29, 1.82) is 0 Å². The fourth-order valence-electron chi connectivity index (χ4n) is 4.86. The SMILES string of the molecule is CC[C@H](C)[C@H](NC(=O)[C@@H](NC(=O)CNC(=O)[C@H](CO)NC(=O)CNC(=O)[C@@H]1CCCN1C(=O)[C@H](CO)NC(=O)[C@H](C)N)[C@@H](C)CC)C(=O)O. The molecule has 8 atom stereocenters. The number of hydrogen-bond acceptors (Lipinski definition) is 11. The molecule has 278 valence electrons. The van der Waals surface area contributed by atoms with E-state index in [4.69, 9.17) is 5.73 Å². The van der Waals surface area contributed by atoms with Crippen LogP contribution in [0.1, 0.15) is 60.3 Å². The summed E-state index contributed by atoms with van der Waals surface area (Å²) in [4.78, 5) is 101. The number of aliphatic hydroxyl groups is 2. The Morgan fingerprint density at radius 2 is 1.29 bits per heavy atom. The van der Waals surface area contributed by atoms with E-state index in [0.29, 0.717) is 19.3 Å². The summed E-state index contributed by atoms with van der Waals surface area (Å²) in [5, 5.41) is 42.9. The van der Waals surface area contributed by atoms with Gasteiger partial charge >= 0.3 is 5.97 Å². The van der Waals surface area contributed by atoms with Crippen molar-refractivity contribution in [3.05, 3.63) is 0 Å². The minimum atomic E-state index is -1.51. The molecule has 1 aliphatic rings. The number of nitrogens with one attached hydrogen (secondary N) is 6. The monoisotopic (exact) mass is 700 g/mol. The summed E-state index contributed by atoms with van der Waals surface area (Å²) >= 11 is 0. The minimum Gasteiger partial charge on any atom is -0.480 e. The first kappa shape index (κ1) is 42.7. The Kier molecular flexibility index (Phi) is 18.2. The molecule has 0 aromatic rings. The molecule has 0 aromatic heterocycles. The van der Waals surface area contributed by atoms with Crippen molar-refractivity contribution in [3.63, 3.8) is 0 Å². The molecule has 19 heteroatoms. The van der Waals surface area contributed by atoms with Crippen molar-refractivity contribution in [1.82, 2.24) is 36.8 Å². The molecule has 0 aliphatic carbocycles. The highest BCUT2D eigenvalue weighted by molar-refractivity contribution is 5.96. The lowest BCUT2D eigenvalue weighted by molar-refractivity contribution is -0.144. The summed E-state index contributed by atoms with van der Waals surface area (Å²) in [7, 11) is 0. The van der Waals surface area contributed by atoms with Crippen LogP contribution < -0.4 is 37.6 Å². The second-order valence-electron chi connectivity index (χ2n) is 12.1. The summed E-state index contributed by atoms with van der Waals surface area (Å²) < 4.78 is 0. The van der Waals surface area contributed by atoms with Crippen LogP contribution in [0.5, 0.6) is 0 Å². The van der Waals surface area contributed by atoms with Gasteiger partial charge in [-0.1, -0.05) is 40.5 Å². The van der Waals surface area contributed by atoms with Gasteiger partial charge < -0.3 is 57.9 Å². The number of carboxylic acid groups (broad SMARTS) is 1. The molecule has 1 saturated heterocycles. The predicted molar refractivity (Wildman–Crippen MR) is 173 cm³/mol. The molecule has 0 bridgehead atoms. The van der Waals surface area contributed by atoms with E-state index in [9.17, 15) is 53.7 Å². The van der Waals surface area contributed by atoms with Gasteiger partial charge in [-0.2, -0.15) is 0 Å². The Bertz CT molecular complexity index is 1200. The molecular weight excluding hydrogens is 648 g/mol. The van der Waals surface area contributed by atoms with Gasteiger partial charge in [0, 0.05) is 6.54 Å². The summed E-state index contributed by atoms with van der Waals surface area (Å²) in [5.41, 5.74) is 5.50. The van der Waals surface area contributed by atoms with Crippen molar-refractivity contribution in [2.45, 2.75) is 96.6 Å². The number of likely N-dealkylation sites (tertiary alicyclic amines) is 1. The first-order chi connectivity index (χ1) is 23.0. The van der Waals surface area contributed by atoms with Crippen molar-refractivity contribution in [2.75, 3.05) is 32.8 Å². The van der Waals surface area contributed by atoms with Crippen molar-refractivity contribution < 1.29 is 53.7 Å². The van der Waals surface area contributed by atoms with Crippen molar-refractivity contribution >= 4 is 47.3 Å². The van der Waals surface area contributed by atoms with E-state index in [2.05, 4.69) is 31.9 Å². The van der Waals surface area contributed by atoms with E-state index in [-0.39, 0.29) is 18.9 Å². The van der Waals surface area contributed by atoms with Crippen LogP contribution in [-0.2, 0) is 38.4 Å². The maximum Gasteiger partial charge on any atom is 0.326 e. The molecule has 19 nitrogen and oxygen atoms in total. The van der Waals surface area contributed by atoms with Gasteiger partial charge in [-0.25, -0.2) is 4.79 Å². The van der Waals surface area contributed by atoms with Gasteiger partial charge in [0.2, 0.25) is 41.4 Å². The van der Waals surface area contributed by atoms with Crippen LogP contribution >= 0.6 is 0 Å². The van der Waals surface area contributed by atoms with Gasteiger partial charge in [0.15, 0.2) is 0 Å². The zero-order valence-electron chi connectivity index (χ0n) is 28.6. The van der Waals surface area contributed by atoms with Gasteiger partial charge in [0.1, 0.15) is 30.2 Å². The topological polar surface area (TPSA) is 299 Å². The number of hydrogen-bond donors (Lipinski definition) is 10. The highest BCUT2D eigenvalue weighted by atomic mass is 16.4. The maximum atomic E-state index is 12.9. The molecule has 0 unspecified atom stereocenters. The third-order valence-electron chi connectivity index (χ3n) is 8.32. The number of carbonyl (C=O) groups is 8. The van der Waals surface area contributed by atoms with Crippen LogP contribution in [-0.4, -0.2) is 137 Å². The molecular formula is C30H52N8O11. The van der Waals surface area contributed by atoms with Gasteiger partial charge in [-0.05, 0) is 31.6 Å². The second kappa shape index (κ2) is 20.9. The molecule has 11 N–H and O–H groups in total. The number of nitrogens with two attached hydrogens (primary N) is 1. The van der Waals surface area contributed by atoms with Crippen LogP contribution in [0, 0.1) is 11.8 Å². The highest BCUT2D eigenvalue weighted by Gasteiger charge is 2.38. The molecule has 1 rings (SSSR count). The minimum absolute atomic E-state index is 0.164. The molecule has 0 radical (unpaired) electrons. The number of carbonyl (C=O) groups excluding carboxylic acids is 7. The summed E-state index contributed by atoms with van der Waals surface area (Å²) in [5.74, 6) is -7.35. The van der Waals surface area contributed by atoms with E-state index in [1.165, 1.54) is 11.8 Å². The van der Waals surface area contributed by atoms with Crippen molar-refractivity contribution in [3.8, 4) is 0 Å². The Labute approximate surface area is 284 Å².